The number of carbonyl (C=O) groups is 5. The van der Waals surface area contributed by atoms with Crippen molar-refractivity contribution in [2.75, 3.05) is 33.3 Å². The highest BCUT2D eigenvalue weighted by Gasteiger charge is 2.39. The molecule has 0 spiro atoms. The number of likely N-dealkylation sites (N-methyl/N-ethyl adjacent to an activating group) is 1. The zero-order valence-electron chi connectivity index (χ0n) is 31.3. The van der Waals surface area contributed by atoms with Gasteiger partial charge in [0.25, 0.3) is 0 Å². The fourth-order valence-electron chi connectivity index (χ4n) is 7.03. The summed E-state index contributed by atoms with van der Waals surface area (Å²) in [6.07, 6.45) is 0.802. The van der Waals surface area contributed by atoms with E-state index >= 15 is 0 Å². The summed E-state index contributed by atoms with van der Waals surface area (Å²) in [6, 6.07) is 22.7. The van der Waals surface area contributed by atoms with Crippen molar-refractivity contribution in [3.05, 3.63) is 114 Å². The molecule has 0 aromatic heterocycles. The van der Waals surface area contributed by atoms with Gasteiger partial charge >= 0.3 is 5.97 Å². The van der Waals surface area contributed by atoms with E-state index in [-0.39, 0.29) is 50.6 Å². The Labute approximate surface area is 320 Å². The highest BCUT2D eigenvalue weighted by Crippen LogP contribution is 2.23. The van der Waals surface area contributed by atoms with Crippen LogP contribution in [-0.4, -0.2) is 102 Å². The number of aromatic hydroxyl groups is 1. The van der Waals surface area contributed by atoms with Gasteiger partial charge in [-0.3, -0.25) is 28.9 Å². The second-order valence-corrected chi connectivity index (χ2v) is 13.8. The van der Waals surface area contributed by atoms with E-state index in [0.29, 0.717) is 24.1 Å². The lowest BCUT2D eigenvalue weighted by Gasteiger charge is -2.45. The number of piperazine rings is 1. The van der Waals surface area contributed by atoms with Crippen LogP contribution in [0, 0.1) is 5.82 Å². The van der Waals surface area contributed by atoms with Crippen LogP contribution < -0.4 is 16.0 Å². The van der Waals surface area contributed by atoms with E-state index in [0.717, 1.165) is 16.3 Å². The molecule has 12 nitrogen and oxygen atoms in total. The van der Waals surface area contributed by atoms with Gasteiger partial charge in [-0.25, -0.2) is 4.39 Å². The third-order valence-corrected chi connectivity index (χ3v) is 9.82. The molecular weight excluding hydrogens is 705 g/mol. The summed E-state index contributed by atoms with van der Waals surface area (Å²) in [5.74, 6) is -2.51. The average Bonchev–Trinajstić information content (AvgIpc) is 3.17. The van der Waals surface area contributed by atoms with Crippen LogP contribution in [0.5, 0.6) is 5.75 Å². The lowest BCUT2D eigenvalue weighted by molar-refractivity contribution is -0.145. The largest absolute Gasteiger partial charge is 0.508 e. The fraction of sp³-hybridized carbons (Fsp3) is 0.357. The molecule has 4 amide bonds. The normalized spacial score (nSPS) is 16.1. The van der Waals surface area contributed by atoms with Crippen LogP contribution in [0.4, 0.5) is 4.39 Å². The van der Waals surface area contributed by atoms with Crippen molar-refractivity contribution in [3.8, 4) is 5.75 Å². The summed E-state index contributed by atoms with van der Waals surface area (Å²) in [5, 5.41) is 20.2. The number of phenols is 1. The Hall–Kier alpha value is -5.82. The van der Waals surface area contributed by atoms with E-state index in [4.69, 9.17) is 4.74 Å². The minimum Gasteiger partial charge on any atom is -0.508 e. The van der Waals surface area contributed by atoms with Crippen molar-refractivity contribution in [3.63, 3.8) is 0 Å². The number of ether oxygens (including phenoxy) is 1. The van der Waals surface area contributed by atoms with E-state index in [1.165, 1.54) is 38.1 Å². The Bertz CT molecular complexity index is 1970. The van der Waals surface area contributed by atoms with Crippen LogP contribution in [0.15, 0.2) is 91.0 Å². The van der Waals surface area contributed by atoms with Crippen LogP contribution in [-0.2, 0) is 48.0 Å². The molecule has 1 aliphatic heterocycles. The predicted molar refractivity (Wildman–Crippen MR) is 205 cm³/mol. The second kappa shape index (κ2) is 19.0. The molecule has 0 bridgehead atoms. The van der Waals surface area contributed by atoms with Crippen LogP contribution in [0.1, 0.15) is 37.0 Å². The van der Waals surface area contributed by atoms with Gasteiger partial charge in [0.2, 0.25) is 23.6 Å². The molecule has 55 heavy (non-hydrogen) atoms. The van der Waals surface area contributed by atoms with Crippen LogP contribution in [0.3, 0.4) is 0 Å². The highest BCUT2D eigenvalue weighted by atomic mass is 19.1. The van der Waals surface area contributed by atoms with Crippen LogP contribution in [0.25, 0.3) is 10.8 Å². The number of esters is 1. The standard InChI is InChI=1S/C42H48FN5O7/c1-27(49)45-37(23-30-11-16-36(51)17-12-30)40(52)46-38(24-29-9-14-34(43)15-10-29)42(54)48-20-19-47(26-35(48)18-21-55-28(2)50)39(41(53)44-3)25-31-8-13-32-6-4-5-7-33(32)22-31/h4-17,22,35,37-39,51H,18-21,23-26H2,1-3H3,(H,44,53)(H,45,49)(H,46,52). The Morgan fingerprint density at radius 3 is 2.07 bits per heavy atom. The van der Waals surface area contributed by atoms with Gasteiger partial charge in [0.05, 0.1) is 12.6 Å². The number of benzene rings is 4. The van der Waals surface area contributed by atoms with Crippen LogP contribution in [0.2, 0.25) is 0 Å². The number of rotatable bonds is 15. The van der Waals surface area contributed by atoms with Crippen LogP contribution >= 0.6 is 0 Å². The summed E-state index contributed by atoms with van der Waals surface area (Å²) in [6.45, 7) is 3.45. The van der Waals surface area contributed by atoms with Gasteiger partial charge in [0.15, 0.2) is 0 Å². The van der Waals surface area contributed by atoms with Crippen molar-refractivity contribution < 1.29 is 38.2 Å². The van der Waals surface area contributed by atoms with Crippen molar-refractivity contribution >= 4 is 40.4 Å². The number of fused-ring (bicyclic) bond motifs is 1. The van der Waals surface area contributed by atoms with E-state index in [1.54, 1.807) is 36.2 Å². The molecule has 13 heteroatoms. The summed E-state index contributed by atoms with van der Waals surface area (Å²) < 4.78 is 19.2. The molecule has 290 valence electrons. The van der Waals surface area contributed by atoms with Crippen molar-refractivity contribution in [2.45, 2.75) is 63.7 Å². The monoisotopic (exact) mass is 753 g/mol. The Morgan fingerprint density at radius 1 is 0.782 bits per heavy atom. The second-order valence-electron chi connectivity index (χ2n) is 13.8. The number of hydrogen-bond donors (Lipinski definition) is 4. The first kappa shape index (κ1) is 40.4. The predicted octanol–water partition coefficient (Wildman–Crippen LogP) is 3.28. The summed E-state index contributed by atoms with van der Waals surface area (Å²) in [5.41, 5.74) is 2.24. The third kappa shape index (κ3) is 11.3. The van der Waals surface area contributed by atoms with Gasteiger partial charge < -0.3 is 30.7 Å². The minimum absolute atomic E-state index is 0.0244. The number of nitrogens with zero attached hydrogens (tertiary/aromatic N) is 2. The van der Waals surface area contributed by atoms with E-state index < -0.39 is 53.7 Å². The summed E-state index contributed by atoms with van der Waals surface area (Å²) >= 11 is 0. The molecule has 4 aromatic carbocycles. The molecule has 0 radical (unpaired) electrons. The smallest absolute Gasteiger partial charge is 0.302 e. The number of amides is 4. The van der Waals surface area contributed by atoms with Gasteiger partial charge in [-0.1, -0.05) is 66.7 Å². The molecule has 4 atom stereocenters. The summed E-state index contributed by atoms with van der Waals surface area (Å²) in [4.78, 5) is 69.6. The first-order valence-electron chi connectivity index (χ1n) is 18.4. The van der Waals surface area contributed by atoms with Gasteiger partial charge in [-0.05, 0) is 58.1 Å². The Balaban J connectivity index is 1.41. The summed E-state index contributed by atoms with van der Waals surface area (Å²) in [7, 11) is 1.59. The third-order valence-electron chi connectivity index (χ3n) is 9.82. The first-order valence-corrected chi connectivity index (χ1v) is 18.4. The van der Waals surface area contributed by atoms with Gasteiger partial charge in [0, 0.05) is 65.8 Å². The molecule has 4 aromatic rings. The molecule has 0 aliphatic carbocycles. The number of carbonyl (C=O) groups excluding carboxylic acids is 5. The molecule has 1 heterocycles. The van der Waals surface area contributed by atoms with Gasteiger partial charge in [0.1, 0.15) is 23.7 Å². The topological polar surface area (TPSA) is 157 Å². The number of hydrogen-bond acceptors (Lipinski definition) is 8. The lowest BCUT2D eigenvalue weighted by Crippen LogP contribution is -2.64. The Morgan fingerprint density at radius 2 is 1.42 bits per heavy atom. The minimum atomic E-state index is -1.12. The molecule has 4 unspecified atom stereocenters. The molecule has 1 fully saturated rings. The van der Waals surface area contributed by atoms with Gasteiger partial charge in [-0.2, -0.15) is 0 Å². The number of phenolic OH excluding ortho intramolecular Hbond substituents is 1. The fourth-order valence-corrected chi connectivity index (χ4v) is 7.03. The van der Waals surface area contributed by atoms with E-state index in [9.17, 15) is 33.5 Å². The molecule has 0 saturated carbocycles. The number of nitrogens with one attached hydrogen (secondary N) is 3. The molecular formula is C42H48FN5O7. The van der Waals surface area contributed by atoms with Crippen molar-refractivity contribution in [1.29, 1.82) is 0 Å². The maximum absolute atomic E-state index is 14.7. The Kier molecular flexibility index (Phi) is 13.9. The maximum Gasteiger partial charge on any atom is 0.302 e. The zero-order chi connectivity index (χ0) is 39.5. The molecule has 5 rings (SSSR count). The first-order chi connectivity index (χ1) is 26.4. The zero-order valence-corrected chi connectivity index (χ0v) is 31.3. The van der Waals surface area contributed by atoms with E-state index in [1.807, 2.05) is 41.3 Å². The maximum atomic E-state index is 14.7. The highest BCUT2D eigenvalue weighted by molar-refractivity contribution is 5.92. The molecule has 1 saturated heterocycles. The van der Waals surface area contributed by atoms with Crippen molar-refractivity contribution in [1.82, 2.24) is 25.8 Å². The molecule has 4 N–H and O–H groups in total. The van der Waals surface area contributed by atoms with E-state index in [2.05, 4.69) is 22.0 Å². The molecule has 1 aliphatic rings. The quantitative estimate of drug-likeness (QED) is 0.135. The van der Waals surface area contributed by atoms with Crippen molar-refractivity contribution in [2.24, 2.45) is 0 Å². The number of halogens is 1. The SMILES string of the molecule is CNC(=O)C(Cc1ccc2ccccc2c1)N1CCN(C(=O)C(Cc2ccc(F)cc2)NC(=O)C(Cc2ccc(O)cc2)NC(C)=O)C(CCOC(C)=O)C1. The average molecular weight is 754 g/mol. The lowest BCUT2D eigenvalue weighted by atomic mass is 9.97. The van der Waals surface area contributed by atoms with Gasteiger partial charge in [-0.15, -0.1) is 0 Å².